The van der Waals surface area contributed by atoms with Crippen LogP contribution in [0.5, 0.6) is 0 Å². The van der Waals surface area contributed by atoms with E-state index >= 15 is 0 Å². The Morgan fingerprint density at radius 2 is 1.39 bits per heavy atom. The van der Waals surface area contributed by atoms with Crippen LogP contribution in [-0.2, 0) is 18.3 Å². The Balaban J connectivity index is 4.11. The summed E-state index contributed by atoms with van der Waals surface area (Å²) in [5.41, 5.74) is 0. The molecule has 0 aliphatic heterocycles. The molecule has 0 aromatic heterocycles. The van der Waals surface area contributed by atoms with Gasteiger partial charge in [0.05, 0.1) is 34.4 Å². The van der Waals surface area contributed by atoms with Gasteiger partial charge in [-0.25, -0.2) is 4.79 Å². The summed E-state index contributed by atoms with van der Waals surface area (Å²) in [7, 11) is 3.00. The molecule has 2 atom stereocenters. The molecule has 0 fully saturated rings. The molecule has 8 nitrogen and oxygen atoms in total. The van der Waals surface area contributed by atoms with Gasteiger partial charge in [-0.3, -0.25) is 4.57 Å². The first kappa shape index (κ1) is 32.3. The van der Waals surface area contributed by atoms with Crippen molar-refractivity contribution in [1.82, 2.24) is 5.32 Å². The zero-order chi connectivity index (χ0) is 25.0. The number of likely N-dealkylation sites (N-methyl/N-ethyl adjacent to an activating group) is 1. The summed E-state index contributed by atoms with van der Waals surface area (Å²) < 4.78 is 27.8. The molecule has 0 aromatic rings. The summed E-state index contributed by atoms with van der Waals surface area (Å²) >= 11 is 0. The molecule has 0 bridgehead atoms. The van der Waals surface area contributed by atoms with Gasteiger partial charge in [-0.05, 0) is 6.42 Å². The average Bonchev–Trinajstić information content (AvgIpc) is 2.74. The lowest BCUT2D eigenvalue weighted by Gasteiger charge is -2.28. The van der Waals surface area contributed by atoms with Crippen molar-refractivity contribution >= 4 is 13.9 Å². The van der Waals surface area contributed by atoms with Crippen molar-refractivity contribution in [3.8, 4) is 0 Å². The summed E-state index contributed by atoms with van der Waals surface area (Å²) in [6, 6.07) is 0. The van der Waals surface area contributed by atoms with Crippen LogP contribution in [0.1, 0.15) is 90.4 Å². The van der Waals surface area contributed by atoms with Crippen molar-refractivity contribution in [3.05, 3.63) is 0 Å². The molecule has 198 valence electrons. The smallest absolute Gasteiger partial charge is 0.406 e. The Bertz CT molecular complexity index is 528. The molecule has 33 heavy (non-hydrogen) atoms. The fraction of sp³-hybridized carbons (Fsp3) is 0.958. The van der Waals surface area contributed by atoms with Gasteiger partial charge in [0.25, 0.3) is 7.82 Å². The largest absolute Gasteiger partial charge is 0.756 e. The maximum atomic E-state index is 12.0. The summed E-state index contributed by atoms with van der Waals surface area (Å²) in [5, 5.41) is 2.40. The number of ether oxygens (including phenoxy) is 1. The lowest BCUT2D eigenvalue weighted by atomic mass is 10.0. The van der Waals surface area contributed by atoms with Crippen LogP contribution in [0.3, 0.4) is 0 Å². The minimum atomic E-state index is -4.37. The van der Waals surface area contributed by atoms with E-state index in [4.69, 9.17) is 13.8 Å². The number of nitrogens with one attached hydrogen (secondary N) is 1. The van der Waals surface area contributed by atoms with E-state index in [0.717, 1.165) is 19.3 Å². The Labute approximate surface area is 202 Å². The zero-order valence-electron chi connectivity index (χ0n) is 21.9. The number of hydrogen-bond donors (Lipinski definition) is 1. The number of quaternary nitrogens is 1. The Kier molecular flexibility index (Phi) is 19.2. The first-order valence-corrected chi connectivity index (χ1v) is 14.3. The van der Waals surface area contributed by atoms with Gasteiger partial charge in [0.1, 0.15) is 13.2 Å². The Morgan fingerprint density at radius 3 is 1.88 bits per heavy atom. The highest BCUT2D eigenvalue weighted by Crippen LogP contribution is 2.39. The van der Waals surface area contributed by atoms with Crippen LogP contribution in [-0.4, -0.2) is 65.1 Å². The number of carbonyl (C=O) groups is 1. The number of nitrogens with zero attached hydrogens (tertiary/aromatic N) is 1. The van der Waals surface area contributed by atoms with Crippen molar-refractivity contribution in [2.75, 3.05) is 54.6 Å². The molecule has 1 amide bonds. The topological polar surface area (TPSA) is 96.9 Å². The van der Waals surface area contributed by atoms with Crippen LogP contribution in [0.4, 0.5) is 4.79 Å². The zero-order valence-corrected chi connectivity index (χ0v) is 22.8. The van der Waals surface area contributed by atoms with E-state index in [2.05, 4.69) is 12.2 Å². The SMILES string of the molecule is CCCCCCCCCCCCCCC(COC(=O)NC)COP(=O)([O-])OCC[N+](C)(C)C. The van der Waals surface area contributed by atoms with Gasteiger partial charge >= 0.3 is 6.09 Å². The van der Waals surface area contributed by atoms with Gasteiger partial charge in [0.2, 0.25) is 0 Å². The summed E-state index contributed by atoms with van der Waals surface area (Å²) in [6.07, 6.45) is 15.3. The van der Waals surface area contributed by atoms with Crippen LogP contribution in [0.2, 0.25) is 0 Å². The van der Waals surface area contributed by atoms with Crippen molar-refractivity contribution in [2.45, 2.75) is 90.4 Å². The molecule has 0 heterocycles. The molecule has 0 spiro atoms. The minimum Gasteiger partial charge on any atom is -0.756 e. The van der Waals surface area contributed by atoms with Crippen molar-refractivity contribution < 1.29 is 32.5 Å². The monoisotopic (exact) mass is 494 g/mol. The maximum absolute atomic E-state index is 12.0. The quantitative estimate of drug-likeness (QED) is 0.125. The lowest BCUT2D eigenvalue weighted by molar-refractivity contribution is -0.870. The van der Waals surface area contributed by atoms with Gasteiger partial charge in [-0.1, -0.05) is 84.0 Å². The van der Waals surface area contributed by atoms with Crippen LogP contribution in [0.15, 0.2) is 0 Å². The Hall–Kier alpha value is -0.660. The number of hydrogen-bond acceptors (Lipinski definition) is 6. The van der Waals surface area contributed by atoms with Gasteiger partial charge in [0, 0.05) is 13.0 Å². The minimum absolute atomic E-state index is 0.0415. The molecule has 0 saturated heterocycles. The first-order valence-electron chi connectivity index (χ1n) is 12.8. The van der Waals surface area contributed by atoms with E-state index < -0.39 is 13.9 Å². The predicted octanol–water partition coefficient (Wildman–Crippen LogP) is 5.26. The predicted molar refractivity (Wildman–Crippen MR) is 132 cm³/mol. The molecule has 0 aromatic carbocycles. The highest BCUT2D eigenvalue weighted by molar-refractivity contribution is 7.45. The highest BCUT2D eigenvalue weighted by atomic mass is 31.2. The van der Waals surface area contributed by atoms with Crippen molar-refractivity contribution in [1.29, 1.82) is 0 Å². The number of phosphoric acid groups is 1. The molecule has 2 unspecified atom stereocenters. The maximum Gasteiger partial charge on any atom is 0.406 e. The van der Waals surface area contributed by atoms with Gasteiger partial charge in [0.15, 0.2) is 0 Å². The summed E-state index contributed by atoms with van der Waals surface area (Å²) in [6.45, 7) is 2.95. The summed E-state index contributed by atoms with van der Waals surface area (Å²) in [4.78, 5) is 23.5. The van der Waals surface area contributed by atoms with E-state index in [1.165, 1.54) is 71.3 Å². The van der Waals surface area contributed by atoms with E-state index in [1.54, 1.807) is 0 Å². The van der Waals surface area contributed by atoms with E-state index in [0.29, 0.717) is 11.0 Å². The normalized spacial score (nSPS) is 14.6. The molecule has 1 N–H and O–H groups in total. The summed E-state index contributed by atoms with van der Waals surface area (Å²) in [5.74, 6) is -0.185. The molecule has 0 aliphatic carbocycles. The van der Waals surface area contributed by atoms with Gasteiger partial charge < -0.3 is 28.5 Å². The van der Waals surface area contributed by atoms with Gasteiger partial charge in [-0.15, -0.1) is 0 Å². The molecular weight excluding hydrogens is 443 g/mol. The van der Waals surface area contributed by atoms with Crippen molar-refractivity contribution in [3.63, 3.8) is 0 Å². The van der Waals surface area contributed by atoms with E-state index in [9.17, 15) is 14.3 Å². The van der Waals surface area contributed by atoms with E-state index in [-0.39, 0.29) is 25.7 Å². The second-order valence-corrected chi connectivity index (χ2v) is 11.4. The Morgan fingerprint density at radius 1 is 0.879 bits per heavy atom. The molecule has 0 rings (SSSR count). The van der Waals surface area contributed by atoms with E-state index in [1.807, 2.05) is 21.1 Å². The number of carbonyl (C=O) groups excluding carboxylic acids is 1. The molecule has 9 heteroatoms. The van der Waals surface area contributed by atoms with Crippen LogP contribution in [0.25, 0.3) is 0 Å². The number of amides is 1. The fourth-order valence-corrected chi connectivity index (χ4v) is 4.19. The van der Waals surface area contributed by atoms with Crippen LogP contribution >= 0.6 is 7.82 Å². The first-order chi connectivity index (χ1) is 15.6. The van der Waals surface area contributed by atoms with Crippen LogP contribution in [0, 0.1) is 5.92 Å². The molecular formula is C24H51N2O6P. The van der Waals surface area contributed by atoms with Crippen LogP contribution < -0.4 is 10.2 Å². The second-order valence-electron chi connectivity index (χ2n) is 9.98. The second kappa shape index (κ2) is 19.6. The number of phosphoric ester groups is 1. The third-order valence-electron chi connectivity index (χ3n) is 5.60. The third-order valence-corrected chi connectivity index (χ3v) is 6.56. The number of alkyl carbamates (subject to hydrolysis) is 1. The lowest BCUT2D eigenvalue weighted by Crippen LogP contribution is -2.37. The molecule has 0 radical (unpaired) electrons. The fourth-order valence-electron chi connectivity index (χ4n) is 3.41. The highest BCUT2D eigenvalue weighted by Gasteiger charge is 2.18. The number of unbranched alkanes of at least 4 members (excludes halogenated alkanes) is 11. The van der Waals surface area contributed by atoms with Gasteiger partial charge in [-0.2, -0.15) is 0 Å². The average molecular weight is 495 g/mol. The third kappa shape index (κ3) is 22.9. The molecule has 0 saturated carbocycles. The number of rotatable bonds is 22. The molecule has 0 aliphatic rings. The van der Waals surface area contributed by atoms with Crippen molar-refractivity contribution in [2.24, 2.45) is 5.92 Å². The standard InChI is InChI=1S/C24H51N2O6P/c1-6-7-8-9-10-11-12-13-14-15-16-17-18-23(21-30-24(27)25-2)22-32-33(28,29)31-20-19-26(3,4)5/h23H,6-22H2,1-5H3,(H-,25,27,28,29).